The normalized spacial score (nSPS) is 14.3. The molecule has 2 amide bonds. The molecule has 1 saturated heterocycles. The third-order valence-electron chi connectivity index (χ3n) is 5.11. The summed E-state index contributed by atoms with van der Waals surface area (Å²) in [5.74, 6) is 0.138. The lowest BCUT2D eigenvalue weighted by atomic mass is 10.1. The highest BCUT2D eigenvalue weighted by atomic mass is 79.9. The molecule has 1 aliphatic heterocycles. The molecule has 0 aliphatic carbocycles. The van der Waals surface area contributed by atoms with E-state index in [9.17, 15) is 9.59 Å². The van der Waals surface area contributed by atoms with Crippen molar-refractivity contribution in [2.45, 2.75) is 13.5 Å². The maximum Gasteiger partial charge on any atom is 0.285 e. The molecule has 4 rings (SSSR count). The number of rotatable bonds is 8. The van der Waals surface area contributed by atoms with Gasteiger partial charge in [0.25, 0.3) is 11.8 Å². The van der Waals surface area contributed by atoms with Crippen molar-refractivity contribution in [3.63, 3.8) is 0 Å². The molecular formula is C26H19BrCl2N2O4S2. The highest BCUT2D eigenvalue weighted by Crippen LogP contribution is 2.35. The number of hydrogen-bond acceptors (Lipinski definition) is 6. The third-order valence-corrected chi connectivity index (χ3v) is 7.65. The van der Waals surface area contributed by atoms with Crippen LogP contribution < -0.4 is 14.9 Å². The number of hydrazine groups is 1. The van der Waals surface area contributed by atoms with Crippen LogP contribution in [0, 0.1) is 0 Å². The molecule has 6 nitrogen and oxygen atoms in total. The average molecular weight is 638 g/mol. The molecule has 3 aromatic carbocycles. The summed E-state index contributed by atoms with van der Waals surface area (Å²) in [5, 5.41) is 2.09. The molecule has 0 unspecified atom stereocenters. The molecule has 0 atom stereocenters. The lowest BCUT2D eigenvalue weighted by Crippen LogP contribution is -2.44. The number of nitrogens with zero attached hydrogens (tertiary/aromatic N) is 1. The molecule has 0 radical (unpaired) electrons. The molecule has 190 valence electrons. The number of benzene rings is 3. The SMILES string of the molecule is CCOc1cc(/C=C2\SC(=S)N(NC(=O)c3ccc(Br)cc3)C2=O)ccc1OCc1c(Cl)cccc1Cl. The Balaban J connectivity index is 1.50. The highest BCUT2D eigenvalue weighted by molar-refractivity contribution is 9.10. The minimum absolute atomic E-state index is 0.161. The third kappa shape index (κ3) is 6.66. The van der Waals surface area contributed by atoms with Gasteiger partial charge in [-0.2, -0.15) is 5.01 Å². The molecule has 1 heterocycles. The van der Waals surface area contributed by atoms with Gasteiger partial charge in [0.1, 0.15) is 6.61 Å². The standard InChI is InChI=1S/C26H19BrCl2N2O4S2/c1-2-34-22-12-15(6-11-21(22)35-14-18-19(28)4-3-5-20(18)29)13-23-25(33)31(26(36)37-23)30-24(32)16-7-9-17(27)10-8-16/h3-13H,2,14H2,1H3,(H,30,32)/b23-13-. The van der Waals surface area contributed by atoms with Crippen LogP contribution in [0.3, 0.4) is 0 Å². The Morgan fingerprint density at radius 2 is 1.78 bits per heavy atom. The Bertz CT molecular complexity index is 1380. The van der Waals surface area contributed by atoms with Crippen molar-refractivity contribution in [2.24, 2.45) is 0 Å². The smallest absolute Gasteiger partial charge is 0.285 e. The van der Waals surface area contributed by atoms with Gasteiger partial charge in [0, 0.05) is 25.6 Å². The number of carbonyl (C=O) groups is 2. The summed E-state index contributed by atoms with van der Waals surface area (Å²) in [4.78, 5) is 25.9. The van der Waals surface area contributed by atoms with Crippen molar-refractivity contribution in [3.05, 3.63) is 96.8 Å². The summed E-state index contributed by atoms with van der Waals surface area (Å²) < 4.78 is 12.8. The lowest BCUT2D eigenvalue weighted by molar-refractivity contribution is -0.123. The van der Waals surface area contributed by atoms with Crippen LogP contribution in [0.25, 0.3) is 6.08 Å². The Morgan fingerprint density at radius 1 is 1.08 bits per heavy atom. The fourth-order valence-electron chi connectivity index (χ4n) is 3.30. The predicted octanol–water partition coefficient (Wildman–Crippen LogP) is 7.28. The van der Waals surface area contributed by atoms with Gasteiger partial charge in [0.05, 0.1) is 11.5 Å². The van der Waals surface area contributed by atoms with Crippen molar-refractivity contribution < 1.29 is 19.1 Å². The Hall–Kier alpha value is -2.56. The van der Waals surface area contributed by atoms with Gasteiger partial charge in [-0.25, -0.2) is 0 Å². The summed E-state index contributed by atoms with van der Waals surface area (Å²) in [6.45, 7) is 2.44. The minimum Gasteiger partial charge on any atom is -0.490 e. The molecule has 0 bridgehead atoms. The zero-order valence-corrected chi connectivity index (χ0v) is 24.0. The molecule has 0 saturated carbocycles. The molecule has 37 heavy (non-hydrogen) atoms. The Labute approximate surface area is 242 Å². The average Bonchev–Trinajstić information content (AvgIpc) is 3.12. The van der Waals surface area contributed by atoms with E-state index < -0.39 is 11.8 Å². The summed E-state index contributed by atoms with van der Waals surface area (Å²) in [5.41, 5.74) is 4.34. The van der Waals surface area contributed by atoms with Gasteiger partial charge < -0.3 is 9.47 Å². The second kappa shape index (κ2) is 12.3. The van der Waals surface area contributed by atoms with E-state index in [1.54, 1.807) is 66.7 Å². The van der Waals surface area contributed by atoms with Gasteiger partial charge in [-0.3, -0.25) is 15.0 Å². The minimum atomic E-state index is -0.441. The van der Waals surface area contributed by atoms with Crippen LogP contribution in [0.5, 0.6) is 11.5 Å². The molecular weight excluding hydrogens is 619 g/mol. The molecule has 3 aromatic rings. The zero-order chi connectivity index (χ0) is 26.5. The van der Waals surface area contributed by atoms with Crippen molar-refractivity contribution in [1.82, 2.24) is 10.4 Å². The second-order valence-corrected chi connectivity index (χ2v) is 11.0. The monoisotopic (exact) mass is 636 g/mol. The molecule has 1 fully saturated rings. The summed E-state index contributed by atoms with van der Waals surface area (Å²) >= 11 is 22.2. The second-order valence-electron chi connectivity index (χ2n) is 7.59. The fourth-order valence-corrected chi connectivity index (χ4v) is 5.26. The number of nitrogens with one attached hydrogen (secondary N) is 1. The number of ether oxygens (including phenoxy) is 2. The number of thiocarbonyl (C=S) groups is 1. The quantitative estimate of drug-likeness (QED) is 0.207. The van der Waals surface area contributed by atoms with Crippen LogP contribution in [0.4, 0.5) is 0 Å². The van der Waals surface area contributed by atoms with E-state index in [2.05, 4.69) is 21.4 Å². The van der Waals surface area contributed by atoms with E-state index in [0.717, 1.165) is 21.2 Å². The molecule has 0 aromatic heterocycles. The van der Waals surface area contributed by atoms with Crippen LogP contribution >= 0.6 is 63.1 Å². The van der Waals surface area contributed by atoms with Crippen molar-refractivity contribution in [2.75, 3.05) is 6.61 Å². The first-order valence-corrected chi connectivity index (χ1v) is 13.7. The van der Waals surface area contributed by atoms with E-state index in [0.29, 0.717) is 49.7 Å². The zero-order valence-electron chi connectivity index (χ0n) is 19.3. The van der Waals surface area contributed by atoms with Gasteiger partial charge in [-0.1, -0.05) is 63.0 Å². The first-order chi connectivity index (χ1) is 17.8. The number of halogens is 3. The predicted molar refractivity (Wildman–Crippen MR) is 155 cm³/mol. The van der Waals surface area contributed by atoms with Crippen molar-refractivity contribution in [3.8, 4) is 11.5 Å². The molecule has 1 aliphatic rings. The number of thioether (sulfide) groups is 1. The number of carbonyl (C=O) groups excluding carboxylic acids is 2. The van der Waals surface area contributed by atoms with Crippen molar-refractivity contribution in [1.29, 1.82) is 0 Å². The molecule has 11 heteroatoms. The largest absolute Gasteiger partial charge is 0.490 e. The van der Waals surface area contributed by atoms with Gasteiger partial charge in [-0.15, -0.1) is 0 Å². The van der Waals surface area contributed by atoms with E-state index >= 15 is 0 Å². The summed E-state index contributed by atoms with van der Waals surface area (Å²) in [7, 11) is 0. The van der Waals surface area contributed by atoms with E-state index in [4.69, 9.17) is 44.9 Å². The van der Waals surface area contributed by atoms with Crippen LogP contribution in [0.1, 0.15) is 28.4 Å². The molecule has 1 N–H and O–H groups in total. The summed E-state index contributed by atoms with van der Waals surface area (Å²) in [6, 6.07) is 17.3. The lowest BCUT2D eigenvalue weighted by Gasteiger charge is -2.15. The van der Waals surface area contributed by atoms with Gasteiger partial charge in [0.2, 0.25) is 0 Å². The number of amides is 2. The van der Waals surface area contributed by atoms with Gasteiger partial charge >= 0.3 is 0 Å². The van der Waals surface area contributed by atoms with Crippen LogP contribution in [-0.4, -0.2) is 27.8 Å². The van der Waals surface area contributed by atoms with E-state index in [-0.39, 0.29) is 10.9 Å². The topological polar surface area (TPSA) is 67.9 Å². The van der Waals surface area contributed by atoms with Crippen molar-refractivity contribution >= 4 is 85.3 Å². The van der Waals surface area contributed by atoms with Crippen LogP contribution in [0.2, 0.25) is 10.0 Å². The number of hydrogen-bond donors (Lipinski definition) is 1. The van der Waals surface area contributed by atoms with E-state index in [1.807, 2.05) is 6.92 Å². The first kappa shape index (κ1) is 27.5. The van der Waals surface area contributed by atoms with E-state index in [1.165, 1.54) is 0 Å². The Morgan fingerprint density at radius 3 is 2.46 bits per heavy atom. The first-order valence-electron chi connectivity index (χ1n) is 10.9. The summed E-state index contributed by atoms with van der Waals surface area (Å²) in [6.07, 6.45) is 1.68. The van der Waals surface area contributed by atoms with Gasteiger partial charge in [-0.05, 0) is 79.3 Å². The van der Waals surface area contributed by atoms with Crippen LogP contribution in [-0.2, 0) is 11.4 Å². The maximum absolute atomic E-state index is 13.0. The molecule has 0 spiro atoms. The fraction of sp³-hybridized carbons (Fsp3) is 0.115. The highest BCUT2D eigenvalue weighted by Gasteiger charge is 2.33. The van der Waals surface area contributed by atoms with Gasteiger partial charge in [0.15, 0.2) is 15.8 Å². The van der Waals surface area contributed by atoms with Crippen LogP contribution in [0.15, 0.2) is 70.0 Å². The maximum atomic E-state index is 13.0. The Kier molecular flexibility index (Phi) is 9.15.